The predicted octanol–water partition coefficient (Wildman–Crippen LogP) is -1.20. The van der Waals surface area contributed by atoms with Crippen molar-refractivity contribution in [3.63, 3.8) is 0 Å². The van der Waals surface area contributed by atoms with Crippen LogP contribution in [0.4, 0.5) is 4.79 Å². The van der Waals surface area contributed by atoms with E-state index in [2.05, 4.69) is 16.0 Å². The van der Waals surface area contributed by atoms with Crippen molar-refractivity contribution in [1.29, 1.82) is 0 Å². The molecule has 0 bridgehead atoms. The topological polar surface area (TPSA) is 70.2 Å². The Morgan fingerprint density at radius 2 is 2.17 bits per heavy atom. The standard InChI is InChI=1S/C7H11N3O2/c11-6-4-3-8-2-1-5(4)9-7(12)10-6/h4-5,8H,1-3H2,(H2,9,10,11,12). The summed E-state index contributed by atoms with van der Waals surface area (Å²) in [5.74, 6) is -0.243. The monoisotopic (exact) mass is 169 g/mol. The van der Waals surface area contributed by atoms with Crippen LogP contribution in [-0.2, 0) is 4.79 Å². The smallest absolute Gasteiger partial charge is 0.321 e. The minimum absolute atomic E-state index is 0.0347. The van der Waals surface area contributed by atoms with E-state index in [4.69, 9.17) is 0 Å². The highest BCUT2D eigenvalue weighted by atomic mass is 16.2. The lowest BCUT2D eigenvalue weighted by Crippen LogP contribution is -2.62. The molecule has 2 aliphatic heterocycles. The maximum absolute atomic E-state index is 11.2. The lowest BCUT2D eigenvalue weighted by atomic mass is 9.91. The molecule has 0 spiro atoms. The molecule has 3 amide bonds. The van der Waals surface area contributed by atoms with E-state index in [-0.39, 0.29) is 23.9 Å². The molecule has 0 aromatic rings. The van der Waals surface area contributed by atoms with Crippen LogP contribution in [0.1, 0.15) is 6.42 Å². The van der Waals surface area contributed by atoms with Gasteiger partial charge in [0.2, 0.25) is 5.91 Å². The Morgan fingerprint density at radius 1 is 1.33 bits per heavy atom. The van der Waals surface area contributed by atoms with Crippen molar-refractivity contribution in [3.8, 4) is 0 Å². The van der Waals surface area contributed by atoms with Gasteiger partial charge in [-0.15, -0.1) is 0 Å². The van der Waals surface area contributed by atoms with E-state index < -0.39 is 0 Å². The zero-order valence-corrected chi connectivity index (χ0v) is 6.59. The number of piperidine rings is 1. The van der Waals surface area contributed by atoms with E-state index in [1.54, 1.807) is 0 Å². The summed E-state index contributed by atoms with van der Waals surface area (Å²) >= 11 is 0. The molecule has 0 aromatic heterocycles. The van der Waals surface area contributed by atoms with Gasteiger partial charge in [0.25, 0.3) is 0 Å². The summed E-state index contributed by atoms with van der Waals surface area (Å²) in [7, 11) is 0. The SMILES string of the molecule is O=C1NC(=O)C2CNCCC2N1. The Labute approximate surface area is 69.9 Å². The van der Waals surface area contributed by atoms with Gasteiger partial charge >= 0.3 is 6.03 Å². The summed E-state index contributed by atoms with van der Waals surface area (Å²) in [5, 5.41) is 8.10. The summed E-state index contributed by atoms with van der Waals surface area (Å²) in [6.45, 7) is 1.53. The van der Waals surface area contributed by atoms with Crippen LogP contribution >= 0.6 is 0 Å². The van der Waals surface area contributed by atoms with Crippen LogP contribution in [0, 0.1) is 5.92 Å². The molecule has 2 atom stereocenters. The van der Waals surface area contributed by atoms with Gasteiger partial charge in [-0.2, -0.15) is 0 Å². The minimum atomic E-state index is -0.358. The molecule has 2 fully saturated rings. The van der Waals surface area contributed by atoms with Crippen LogP contribution in [0.25, 0.3) is 0 Å². The first-order chi connectivity index (χ1) is 5.77. The molecule has 12 heavy (non-hydrogen) atoms. The Morgan fingerprint density at radius 3 is 3.00 bits per heavy atom. The zero-order chi connectivity index (χ0) is 8.55. The molecule has 2 aliphatic rings. The fourth-order valence-electron chi connectivity index (χ4n) is 1.72. The van der Waals surface area contributed by atoms with E-state index in [0.717, 1.165) is 13.0 Å². The average molecular weight is 169 g/mol. The maximum Gasteiger partial charge on any atom is 0.321 e. The van der Waals surface area contributed by atoms with Crippen molar-refractivity contribution in [1.82, 2.24) is 16.0 Å². The lowest BCUT2D eigenvalue weighted by molar-refractivity contribution is -0.126. The fourth-order valence-corrected chi connectivity index (χ4v) is 1.72. The fraction of sp³-hybridized carbons (Fsp3) is 0.714. The summed E-state index contributed by atoms with van der Waals surface area (Å²) in [5.41, 5.74) is 0. The van der Waals surface area contributed by atoms with Gasteiger partial charge in [0.05, 0.1) is 5.92 Å². The molecular formula is C7H11N3O2. The average Bonchev–Trinajstić information content (AvgIpc) is 2.04. The number of hydrogen-bond donors (Lipinski definition) is 3. The second kappa shape index (κ2) is 2.75. The minimum Gasteiger partial charge on any atom is -0.334 e. The first-order valence-electron chi connectivity index (χ1n) is 4.09. The number of fused-ring (bicyclic) bond motifs is 1. The lowest BCUT2D eigenvalue weighted by Gasteiger charge is -2.35. The number of urea groups is 1. The second-order valence-corrected chi connectivity index (χ2v) is 3.17. The highest BCUT2D eigenvalue weighted by molar-refractivity contribution is 5.98. The van der Waals surface area contributed by atoms with Crippen molar-refractivity contribution < 1.29 is 9.59 Å². The molecule has 2 saturated heterocycles. The summed E-state index contributed by atoms with van der Waals surface area (Å²) < 4.78 is 0. The Balaban J connectivity index is 2.11. The molecule has 5 nitrogen and oxygen atoms in total. The van der Waals surface area contributed by atoms with Gasteiger partial charge in [-0.1, -0.05) is 0 Å². The third kappa shape index (κ3) is 1.16. The highest BCUT2D eigenvalue weighted by Gasteiger charge is 2.36. The first-order valence-corrected chi connectivity index (χ1v) is 4.09. The normalized spacial score (nSPS) is 35.0. The molecule has 2 rings (SSSR count). The Bertz CT molecular complexity index is 229. The summed E-state index contributed by atoms with van der Waals surface area (Å²) in [6.07, 6.45) is 0.837. The van der Waals surface area contributed by atoms with Crippen molar-refractivity contribution in [2.75, 3.05) is 13.1 Å². The Hall–Kier alpha value is -1.10. The van der Waals surface area contributed by atoms with Crippen molar-refractivity contribution in [2.24, 2.45) is 5.92 Å². The summed E-state index contributed by atoms with van der Waals surface area (Å²) in [6, 6.07) is -0.323. The number of nitrogens with one attached hydrogen (secondary N) is 3. The third-order valence-electron chi connectivity index (χ3n) is 2.37. The second-order valence-electron chi connectivity index (χ2n) is 3.17. The molecule has 0 aliphatic carbocycles. The summed E-state index contributed by atoms with van der Waals surface area (Å²) in [4.78, 5) is 22.1. The first kappa shape index (κ1) is 7.54. The van der Waals surface area contributed by atoms with Crippen LogP contribution in [0.3, 0.4) is 0 Å². The largest absolute Gasteiger partial charge is 0.334 e. The predicted molar refractivity (Wildman–Crippen MR) is 41.4 cm³/mol. The number of rotatable bonds is 0. The number of carbonyl (C=O) groups excluding carboxylic acids is 2. The maximum atomic E-state index is 11.2. The van der Waals surface area contributed by atoms with Crippen LogP contribution in [0.2, 0.25) is 0 Å². The molecule has 5 heteroatoms. The van der Waals surface area contributed by atoms with Gasteiger partial charge in [-0.05, 0) is 13.0 Å². The van der Waals surface area contributed by atoms with Crippen LogP contribution in [0.15, 0.2) is 0 Å². The number of carbonyl (C=O) groups is 2. The van der Waals surface area contributed by atoms with E-state index in [0.29, 0.717) is 6.54 Å². The van der Waals surface area contributed by atoms with Gasteiger partial charge in [0, 0.05) is 12.6 Å². The van der Waals surface area contributed by atoms with E-state index >= 15 is 0 Å². The third-order valence-corrected chi connectivity index (χ3v) is 2.37. The molecule has 0 saturated carbocycles. The van der Waals surface area contributed by atoms with E-state index in [1.807, 2.05) is 0 Å². The highest BCUT2D eigenvalue weighted by Crippen LogP contribution is 2.14. The molecular weight excluding hydrogens is 158 g/mol. The number of imide groups is 1. The van der Waals surface area contributed by atoms with Gasteiger partial charge in [0.15, 0.2) is 0 Å². The van der Waals surface area contributed by atoms with E-state index in [1.165, 1.54) is 0 Å². The van der Waals surface area contributed by atoms with Crippen LogP contribution in [0.5, 0.6) is 0 Å². The van der Waals surface area contributed by atoms with Gasteiger partial charge < -0.3 is 10.6 Å². The molecule has 3 N–H and O–H groups in total. The van der Waals surface area contributed by atoms with Crippen LogP contribution in [-0.4, -0.2) is 31.1 Å². The van der Waals surface area contributed by atoms with Crippen molar-refractivity contribution in [2.45, 2.75) is 12.5 Å². The van der Waals surface area contributed by atoms with E-state index in [9.17, 15) is 9.59 Å². The Kier molecular flexibility index (Phi) is 1.73. The van der Waals surface area contributed by atoms with Crippen molar-refractivity contribution in [3.05, 3.63) is 0 Å². The number of amides is 3. The molecule has 0 aromatic carbocycles. The number of hydrogen-bond acceptors (Lipinski definition) is 3. The molecule has 0 radical (unpaired) electrons. The van der Waals surface area contributed by atoms with Gasteiger partial charge in [-0.3, -0.25) is 10.1 Å². The molecule has 66 valence electrons. The van der Waals surface area contributed by atoms with Gasteiger partial charge in [0.1, 0.15) is 0 Å². The zero-order valence-electron chi connectivity index (χ0n) is 6.59. The molecule has 2 heterocycles. The van der Waals surface area contributed by atoms with Crippen LogP contribution < -0.4 is 16.0 Å². The molecule has 2 unspecified atom stereocenters. The quantitative estimate of drug-likeness (QED) is 0.427. The van der Waals surface area contributed by atoms with Gasteiger partial charge in [-0.25, -0.2) is 4.79 Å². The van der Waals surface area contributed by atoms with Crippen molar-refractivity contribution >= 4 is 11.9 Å².